The van der Waals surface area contributed by atoms with Gasteiger partial charge in [-0.1, -0.05) is 0 Å². The first-order valence-electron chi connectivity index (χ1n) is 5.51. The van der Waals surface area contributed by atoms with Gasteiger partial charge in [0.1, 0.15) is 0 Å². The van der Waals surface area contributed by atoms with E-state index in [1.165, 1.54) is 7.11 Å². The van der Waals surface area contributed by atoms with E-state index in [1.54, 1.807) is 0 Å². The Morgan fingerprint density at radius 1 is 1.35 bits per heavy atom. The molecule has 0 atom stereocenters. The van der Waals surface area contributed by atoms with Gasteiger partial charge in [0.05, 0.1) is 12.2 Å². The summed E-state index contributed by atoms with van der Waals surface area (Å²) in [6.45, 7) is 1.41. The number of hydrogen-bond donors (Lipinski definition) is 3. The molecule has 0 amide bonds. The fraction of sp³-hybridized carbons (Fsp3) is 1.00. The molecule has 8 heteroatoms. The van der Waals surface area contributed by atoms with Gasteiger partial charge in [-0.05, 0) is 0 Å². The molecular weight excluding hydrogens is 248 g/mol. The number of nitrogens with one attached hydrogen (secondary N) is 2. The molecule has 1 saturated heterocycles. The van der Waals surface area contributed by atoms with Crippen LogP contribution in [0.15, 0.2) is 0 Å². The molecule has 102 valence electrons. The molecule has 0 bridgehead atoms. The molecule has 3 N–H and O–H groups in total. The van der Waals surface area contributed by atoms with Crippen molar-refractivity contribution in [1.82, 2.24) is 9.44 Å². The Labute approximate surface area is 102 Å². The Hall–Kier alpha value is -0.250. The van der Waals surface area contributed by atoms with Gasteiger partial charge in [0.2, 0.25) is 0 Å². The van der Waals surface area contributed by atoms with Gasteiger partial charge in [-0.25, -0.2) is 0 Å². The molecule has 17 heavy (non-hydrogen) atoms. The lowest BCUT2D eigenvalue weighted by Gasteiger charge is -2.31. The van der Waals surface area contributed by atoms with Crippen molar-refractivity contribution in [3.05, 3.63) is 0 Å². The molecule has 0 aliphatic carbocycles. The molecule has 0 aromatic rings. The lowest BCUT2D eigenvalue weighted by atomic mass is 9.95. The highest BCUT2D eigenvalue weighted by atomic mass is 32.2. The van der Waals surface area contributed by atoms with Crippen molar-refractivity contribution in [2.24, 2.45) is 0 Å². The molecule has 1 rings (SSSR count). The molecule has 7 nitrogen and oxygen atoms in total. The van der Waals surface area contributed by atoms with Crippen molar-refractivity contribution in [3.8, 4) is 0 Å². The second-order valence-corrected chi connectivity index (χ2v) is 5.63. The Morgan fingerprint density at radius 2 is 2.00 bits per heavy atom. The zero-order valence-corrected chi connectivity index (χ0v) is 10.8. The van der Waals surface area contributed by atoms with Gasteiger partial charge in [0.25, 0.3) is 10.2 Å². The summed E-state index contributed by atoms with van der Waals surface area (Å²) >= 11 is 0. The first-order chi connectivity index (χ1) is 7.97. The van der Waals surface area contributed by atoms with Crippen LogP contribution >= 0.6 is 0 Å². The van der Waals surface area contributed by atoms with E-state index >= 15 is 0 Å². The highest BCUT2D eigenvalue weighted by Crippen LogP contribution is 2.19. The van der Waals surface area contributed by atoms with Gasteiger partial charge in [-0.15, -0.1) is 0 Å². The molecule has 1 aliphatic rings. The van der Waals surface area contributed by atoms with E-state index in [0.29, 0.717) is 32.7 Å². The maximum Gasteiger partial charge on any atom is 0.277 e. The minimum absolute atomic E-state index is 0.00131. The number of aliphatic hydroxyl groups is 1. The van der Waals surface area contributed by atoms with Gasteiger partial charge >= 0.3 is 0 Å². The predicted molar refractivity (Wildman–Crippen MR) is 61.8 cm³/mol. The normalized spacial score (nSPS) is 20.4. The summed E-state index contributed by atoms with van der Waals surface area (Å²) < 4.78 is 37.4. The zero-order chi connectivity index (χ0) is 12.8. The molecule has 0 aromatic heterocycles. The lowest BCUT2D eigenvalue weighted by Crippen LogP contribution is -2.49. The van der Waals surface area contributed by atoms with Crippen LogP contribution in [0.3, 0.4) is 0 Å². The second kappa shape index (κ2) is 6.62. The van der Waals surface area contributed by atoms with E-state index in [1.807, 2.05) is 0 Å². The largest absolute Gasteiger partial charge is 0.388 e. The van der Waals surface area contributed by atoms with Crippen molar-refractivity contribution in [3.63, 3.8) is 0 Å². The SMILES string of the molecule is COCCNS(=O)(=O)NCC1(O)CCOCC1. The van der Waals surface area contributed by atoms with E-state index in [0.717, 1.165) is 0 Å². The highest BCUT2D eigenvalue weighted by Gasteiger charge is 2.30. The summed E-state index contributed by atoms with van der Waals surface area (Å²) in [5.41, 5.74) is -1.01. The van der Waals surface area contributed by atoms with Gasteiger partial charge < -0.3 is 14.6 Å². The van der Waals surface area contributed by atoms with Crippen molar-refractivity contribution in [2.45, 2.75) is 18.4 Å². The van der Waals surface area contributed by atoms with Gasteiger partial charge in [-0.3, -0.25) is 0 Å². The third-order valence-corrected chi connectivity index (χ3v) is 3.72. The number of ether oxygens (including phenoxy) is 2. The lowest BCUT2D eigenvalue weighted by molar-refractivity contribution is -0.0589. The Morgan fingerprint density at radius 3 is 2.59 bits per heavy atom. The Bertz CT molecular complexity index is 313. The summed E-state index contributed by atoms with van der Waals surface area (Å²) in [7, 11) is -2.08. The van der Waals surface area contributed by atoms with E-state index in [4.69, 9.17) is 9.47 Å². The monoisotopic (exact) mass is 268 g/mol. The second-order valence-electron chi connectivity index (χ2n) is 4.05. The van der Waals surface area contributed by atoms with Crippen LogP contribution in [-0.2, 0) is 19.7 Å². The van der Waals surface area contributed by atoms with Gasteiger partial charge in [-0.2, -0.15) is 17.9 Å². The molecule has 1 aliphatic heterocycles. The third kappa shape index (κ3) is 5.75. The quantitative estimate of drug-likeness (QED) is 0.493. The zero-order valence-electron chi connectivity index (χ0n) is 9.94. The topological polar surface area (TPSA) is 96.9 Å². The molecule has 0 saturated carbocycles. The molecule has 0 aromatic carbocycles. The maximum absolute atomic E-state index is 11.5. The summed E-state index contributed by atoms with van der Waals surface area (Å²) in [6, 6.07) is 0. The maximum atomic E-state index is 11.5. The standard InChI is InChI=1S/C9H20N2O5S/c1-15-7-4-10-17(13,14)11-8-9(12)2-5-16-6-3-9/h10-12H,2-8H2,1H3. The van der Waals surface area contributed by atoms with Crippen molar-refractivity contribution in [2.75, 3.05) is 40.0 Å². The van der Waals surface area contributed by atoms with Crippen molar-refractivity contribution in [1.29, 1.82) is 0 Å². The first kappa shape index (κ1) is 14.8. The van der Waals surface area contributed by atoms with Crippen LogP contribution in [0.25, 0.3) is 0 Å². The van der Waals surface area contributed by atoms with E-state index < -0.39 is 15.8 Å². The van der Waals surface area contributed by atoms with Crippen LogP contribution < -0.4 is 9.44 Å². The first-order valence-corrected chi connectivity index (χ1v) is 6.99. The molecular formula is C9H20N2O5S. The van der Waals surface area contributed by atoms with E-state index in [-0.39, 0.29) is 13.1 Å². The third-order valence-electron chi connectivity index (χ3n) is 2.61. The summed E-state index contributed by atoms with van der Waals surface area (Å²) in [5.74, 6) is 0. The van der Waals surface area contributed by atoms with Crippen LogP contribution in [0.4, 0.5) is 0 Å². The van der Waals surface area contributed by atoms with Crippen LogP contribution in [-0.4, -0.2) is 59.1 Å². The predicted octanol–water partition coefficient (Wildman–Crippen LogP) is -1.40. The molecule has 1 fully saturated rings. The average molecular weight is 268 g/mol. The Balaban J connectivity index is 2.32. The van der Waals surface area contributed by atoms with E-state index in [9.17, 15) is 13.5 Å². The summed E-state index contributed by atoms with van der Waals surface area (Å²) in [4.78, 5) is 0. The summed E-state index contributed by atoms with van der Waals surface area (Å²) in [6.07, 6.45) is 0.876. The van der Waals surface area contributed by atoms with E-state index in [2.05, 4.69) is 9.44 Å². The number of hydrogen-bond acceptors (Lipinski definition) is 5. The highest BCUT2D eigenvalue weighted by molar-refractivity contribution is 7.87. The number of methoxy groups -OCH3 is 1. The summed E-state index contributed by atoms with van der Waals surface area (Å²) in [5, 5.41) is 10.0. The Kier molecular flexibility index (Phi) is 5.77. The smallest absolute Gasteiger partial charge is 0.277 e. The molecule has 0 unspecified atom stereocenters. The number of rotatable bonds is 7. The van der Waals surface area contributed by atoms with Crippen LogP contribution in [0.1, 0.15) is 12.8 Å². The van der Waals surface area contributed by atoms with Gasteiger partial charge in [0, 0.05) is 46.3 Å². The molecule has 0 spiro atoms. The fourth-order valence-corrected chi connectivity index (χ4v) is 2.40. The van der Waals surface area contributed by atoms with Crippen LogP contribution in [0, 0.1) is 0 Å². The van der Waals surface area contributed by atoms with Crippen molar-refractivity contribution >= 4 is 10.2 Å². The molecule has 1 heterocycles. The van der Waals surface area contributed by atoms with Crippen molar-refractivity contribution < 1.29 is 23.0 Å². The minimum atomic E-state index is -3.57. The average Bonchev–Trinajstić information content (AvgIpc) is 2.28. The minimum Gasteiger partial charge on any atom is -0.388 e. The van der Waals surface area contributed by atoms with Crippen LogP contribution in [0.5, 0.6) is 0 Å². The fourth-order valence-electron chi connectivity index (χ4n) is 1.49. The van der Waals surface area contributed by atoms with Crippen LogP contribution in [0.2, 0.25) is 0 Å². The molecule has 0 radical (unpaired) electrons. The van der Waals surface area contributed by atoms with Gasteiger partial charge in [0.15, 0.2) is 0 Å².